The zero-order valence-electron chi connectivity index (χ0n) is 19.0. The summed E-state index contributed by atoms with van der Waals surface area (Å²) in [5, 5.41) is 5.71. The summed E-state index contributed by atoms with van der Waals surface area (Å²) in [6.07, 6.45) is 2.88. The number of anilines is 1. The van der Waals surface area contributed by atoms with Gasteiger partial charge in [0, 0.05) is 48.6 Å². The first-order chi connectivity index (χ1) is 16.6. The van der Waals surface area contributed by atoms with Crippen LogP contribution in [0.1, 0.15) is 37.6 Å². The molecule has 2 N–H and O–H groups in total. The minimum atomic E-state index is -0.240. The molecule has 1 fully saturated rings. The molecule has 34 heavy (non-hydrogen) atoms. The Kier molecular flexibility index (Phi) is 6.09. The molecular formula is C25H26N6O3. The van der Waals surface area contributed by atoms with Gasteiger partial charge in [0.05, 0.1) is 19.3 Å². The van der Waals surface area contributed by atoms with Crippen LogP contribution in [0.15, 0.2) is 64.5 Å². The van der Waals surface area contributed by atoms with Gasteiger partial charge in [0.15, 0.2) is 6.39 Å². The number of carbonyl (C=O) groups is 2. The maximum atomic E-state index is 12.9. The fourth-order valence-electron chi connectivity index (χ4n) is 4.10. The fourth-order valence-corrected chi connectivity index (χ4v) is 4.10. The lowest BCUT2D eigenvalue weighted by Crippen LogP contribution is -2.44. The van der Waals surface area contributed by atoms with E-state index >= 15 is 0 Å². The molecule has 2 aliphatic rings. The van der Waals surface area contributed by atoms with Crippen LogP contribution in [0.5, 0.6) is 0 Å². The van der Waals surface area contributed by atoms with Crippen molar-refractivity contribution in [1.82, 2.24) is 20.5 Å². The van der Waals surface area contributed by atoms with Crippen molar-refractivity contribution in [3.8, 4) is 0 Å². The molecule has 9 nitrogen and oxygen atoms in total. The number of aromatic nitrogens is 1. The Morgan fingerprint density at radius 3 is 2.50 bits per heavy atom. The molecule has 0 spiro atoms. The molecule has 0 bridgehead atoms. The van der Waals surface area contributed by atoms with E-state index in [-0.39, 0.29) is 18.4 Å². The number of likely N-dealkylation sites (N-methyl/N-ethyl adjacent to an activating group) is 1. The number of amidine groups is 1. The monoisotopic (exact) mass is 458 g/mol. The average molecular weight is 459 g/mol. The van der Waals surface area contributed by atoms with E-state index in [1.807, 2.05) is 30.3 Å². The highest BCUT2D eigenvalue weighted by atomic mass is 16.3. The predicted octanol–water partition coefficient (Wildman–Crippen LogP) is 2.05. The third-order valence-corrected chi connectivity index (χ3v) is 6.17. The lowest BCUT2D eigenvalue weighted by Gasteiger charge is -2.34. The van der Waals surface area contributed by atoms with Gasteiger partial charge in [-0.1, -0.05) is 6.07 Å². The molecule has 1 saturated heterocycles. The highest BCUT2D eigenvalue weighted by Gasteiger charge is 2.21. The number of fused-ring (bicyclic) bond motifs is 1. The van der Waals surface area contributed by atoms with Crippen LogP contribution in [0.4, 0.5) is 5.69 Å². The van der Waals surface area contributed by atoms with Gasteiger partial charge in [-0.05, 0) is 49.0 Å². The maximum Gasteiger partial charge on any atom is 0.256 e. The third-order valence-electron chi connectivity index (χ3n) is 6.17. The SMILES string of the molecule is CN1CCN(c2ccc(C(=O)NC3=NCc4ccc(C(=O)NCc5cnco5)cc43)cc2)CC1. The number of amides is 2. The van der Waals surface area contributed by atoms with E-state index in [2.05, 4.69) is 37.5 Å². The largest absolute Gasteiger partial charge is 0.447 e. The van der Waals surface area contributed by atoms with Gasteiger partial charge in [-0.2, -0.15) is 0 Å². The first-order valence-electron chi connectivity index (χ1n) is 11.2. The topological polar surface area (TPSA) is 103 Å². The minimum Gasteiger partial charge on any atom is -0.447 e. The van der Waals surface area contributed by atoms with E-state index in [1.54, 1.807) is 18.3 Å². The Morgan fingerprint density at radius 1 is 1.00 bits per heavy atom. The maximum absolute atomic E-state index is 12.9. The number of rotatable bonds is 5. The van der Waals surface area contributed by atoms with Crippen LogP contribution in [0, 0.1) is 0 Å². The molecule has 9 heteroatoms. The lowest BCUT2D eigenvalue weighted by atomic mass is 10.0. The number of benzene rings is 2. The molecule has 0 unspecified atom stereocenters. The van der Waals surface area contributed by atoms with Gasteiger partial charge in [-0.25, -0.2) is 4.98 Å². The summed E-state index contributed by atoms with van der Waals surface area (Å²) in [6.45, 7) is 4.72. The van der Waals surface area contributed by atoms with Gasteiger partial charge in [0.25, 0.3) is 11.8 Å². The molecule has 5 rings (SSSR count). The Bertz CT molecular complexity index is 1210. The van der Waals surface area contributed by atoms with E-state index in [1.165, 1.54) is 6.39 Å². The summed E-state index contributed by atoms with van der Waals surface area (Å²) < 4.78 is 5.15. The Hall–Kier alpha value is -3.98. The van der Waals surface area contributed by atoms with Crippen LogP contribution in [-0.4, -0.2) is 60.8 Å². The second-order valence-corrected chi connectivity index (χ2v) is 8.48. The predicted molar refractivity (Wildman–Crippen MR) is 128 cm³/mol. The second-order valence-electron chi connectivity index (χ2n) is 8.48. The van der Waals surface area contributed by atoms with Crippen LogP contribution in [0.25, 0.3) is 0 Å². The second kappa shape index (κ2) is 9.48. The molecule has 0 radical (unpaired) electrons. The number of piperazine rings is 1. The van der Waals surface area contributed by atoms with Crippen LogP contribution in [-0.2, 0) is 13.1 Å². The van der Waals surface area contributed by atoms with Crippen LogP contribution in [0.3, 0.4) is 0 Å². The molecule has 0 aliphatic carbocycles. The molecule has 174 valence electrons. The van der Waals surface area contributed by atoms with Gasteiger partial charge >= 0.3 is 0 Å². The molecule has 2 aliphatic heterocycles. The van der Waals surface area contributed by atoms with Gasteiger partial charge in [0.1, 0.15) is 11.6 Å². The van der Waals surface area contributed by atoms with Crippen molar-refractivity contribution in [2.45, 2.75) is 13.1 Å². The number of hydrogen-bond acceptors (Lipinski definition) is 7. The van der Waals surface area contributed by atoms with E-state index in [0.29, 0.717) is 29.3 Å². The van der Waals surface area contributed by atoms with Gasteiger partial charge in [-0.15, -0.1) is 0 Å². The number of nitrogens with zero attached hydrogens (tertiary/aromatic N) is 4. The van der Waals surface area contributed by atoms with E-state index in [4.69, 9.17) is 4.42 Å². The van der Waals surface area contributed by atoms with Gasteiger partial charge in [-0.3, -0.25) is 14.6 Å². The molecule has 1 aromatic heterocycles. The fraction of sp³-hybridized carbons (Fsp3) is 0.280. The standard InChI is InChI=1S/C25H26N6O3/c1-30-8-10-31(11-9-30)20-6-4-17(5-7-20)25(33)29-23-22-12-18(2-3-19(22)13-27-23)24(32)28-15-21-14-26-16-34-21/h2-7,12,14,16H,8-11,13,15H2,1H3,(H,28,32)(H,27,29,33). The number of nitrogens with one attached hydrogen (secondary N) is 2. The number of aliphatic imine (C=N–C) groups is 1. The zero-order chi connectivity index (χ0) is 23.5. The average Bonchev–Trinajstić information content (AvgIpc) is 3.53. The van der Waals surface area contributed by atoms with Crippen molar-refractivity contribution in [3.05, 3.63) is 83.1 Å². The van der Waals surface area contributed by atoms with E-state index in [9.17, 15) is 9.59 Å². The van der Waals surface area contributed by atoms with Crippen molar-refractivity contribution >= 4 is 23.3 Å². The van der Waals surface area contributed by atoms with E-state index in [0.717, 1.165) is 43.0 Å². The Labute approximate surface area is 197 Å². The van der Waals surface area contributed by atoms with Crippen LogP contribution in [0.2, 0.25) is 0 Å². The molecule has 2 aromatic carbocycles. The van der Waals surface area contributed by atoms with Gasteiger partial charge in [0.2, 0.25) is 0 Å². The summed E-state index contributed by atoms with van der Waals surface area (Å²) >= 11 is 0. The van der Waals surface area contributed by atoms with Crippen LogP contribution >= 0.6 is 0 Å². The molecular weight excluding hydrogens is 432 g/mol. The Morgan fingerprint density at radius 2 is 1.76 bits per heavy atom. The number of hydrogen-bond donors (Lipinski definition) is 2. The number of carbonyl (C=O) groups excluding carboxylic acids is 2. The molecule has 2 amide bonds. The summed E-state index contributed by atoms with van der Waals surface area (Å²) in [5.41, 5.74) is 3.89. The van der Waals surface area contributed by atoms with Crippen molar-refractivity contribution < 1.29 is 14.0 Å². The van der Waals surface area contributed by atoms with Crippen molar-refractivity contribution in [2.24, 2.45) is 4.99 Å². The lowest BCUT2D eigenvalue weighted by molar-refractivity contribution is 0.0946. The normalized spacial score (nSPS) is 15.6. The summed E-state index contributed by atoms with van der Waals surface area (Å²) in [6, 6.07) is 13.0. The molecule has 3 aromatic rings. The summed E-state index contributed by atoms with van der Waals surface area (Å²) in [4.78, 5) is 38.4. The third kappa shape index (κ3) is 4.69. The van der Waals surface area contributed by atoms with Gasteiger partial charge < -0.3 is 24.9 Å². The number of oxazole rings is 1. The summed E-state index contributed by atoms with van der Waals surface area (Å²) in [5.74, 6) is 0.587. The van der Waals surface area contributed by atoms with Crippen LogP contribution < -0.4 is 15.5 Å². The quantitative estimate of drug-likeness (QED) is 0.607. The zero-order valence-corrected chi connectivity index (χ0v) is 19.0. The Balaban J connectivity index is 1.23. The molecule has 3 heterocycles. The first-order valence-corrected chi connectivity index (χ1v) is 11.2. The molecule has 0 atom stereocenters. The van der Waals surface area contributed by atoms with E-state index < -0.39 is 0 Å². The highest BCUT2D eigenvalue weighted by molar-refractivity contribution is 6.15. The van der Waals surface area contributed by atoms with Crippen molar-refractivity contribution in [3.63, 3.8) is 0 Å². The smallest absolute Gasteiger partial charge is 0.256 e. The minimum absolute atomic E-state index is 0.225. The first kappa shape index (κ1) is 21.8. The van der Waals surface area contributed by atoms with Crippen molar-refractivity contribution in [1.29, 1.82) is 0 Å². The highest BCUT2D eigenvalue weighted by Crippen LogP contribution is 2.21. The van der Waals surface area contributed by atoms with Crippen molar-refractivity contribution in [2.75, 3.05) is 38.1 Å². The summed E-state index contributed by atoms with van der Waals surface area (Å²) in [7, 11) is 2.13. The molecule has 0 saturated carbocycles.